The molecule has 5 nitrogen and oxygen atoms in total. The molecule has 1 fully saturated rings. The Balaban J connectivity index is 2.19. The molecule has 96 valence electrons. The van der Waals surface area contributed by atoms with Crippen LogP contribution in [0, 0.1) is 0 Å². The van der Waals surface area contributed by atoms with Crippen LogP contribution in [0.4, 0.5) is 5.95 Å². The zero-order chi connectivity index (χ0) is 12.5. The molecule has 1 unspecified atom stereocenters. The Morgan fingerprint density at radius 1 is 1.53 bits per heavy atom. The fourth-order valence-corrected chi connectivity index (χ4v) is 3.88. The van der Waals surface area contributed by atoms with Crippen molar-refractivity contribution in [1.29, 1.82) is 0 Å². The molecule has 0 bridgehead atoms. The first-order valence-corrected chi connectivity index (χ1v) is 7.80. The summed E-state index contributed by atoms with van der Waals surface area (Å²) in [4.78, 5) is 4.24. The second-order valence-corrected chi connectivity index (χ2v) is 7.10. The highest BCUT2D eigenvalue weighted by molar-refractivity contribution is 7.91. The first-order valence-electron chi connectivity index (χ1n) is 5.98. The SMILES string of the molecule is CC(C)Nc1nccn1C1CCCS(=O)(=O)C1. The Morgan fingerprint density at radius 3 is 2.94 bits per heavy atom. The lowest BCUT2D eigenvalue weighted by atomic mass is 10.2. The second-order valence-electron chi connectivity index (χ2n) is 4.87. The maximum absolute atomic E-state index is 11.6. The molecule has 2 heterocycles. The van der Waals surface area contributed by atoms with E-state index in [9.17, 15) is 8.42 Å². The minimum absolute atomic E-state index is 0.0255. The second kappa shape index (κ2) is 4.68. The van der Waals surface area contributed by atoms with Gasteiger partial charge in [-0.25, -0.2) is 13.4 Å². The Hall–Kier alpha value is -1.04. The molecular formula is C11H19N3O2S. The summed E-state index contributed by atoms with van der Waals surface area (Å²) in [6, 6.07) is 0.314. The molecule has 1 aromatic rings. The zero-order valence-electron chi connectivity index (χ0n) is 10.3. The van der Waals surface area contributed by atoms with E-state index in [1.165, 1.54) is 0 Å². The largest absolute Gasteiger partial charge is 0.353 e. The third-order valence-corrected chi connectivity index (χ3v) is 4.72. The lowest BCUT2D eigenvalue weighted by Gasteiger charge is -2.25. The van der Waals surface area contributed by atoms with Crippen molar-refractivity contribution in [2.75, 3.05) is 16.8 Å². The van der Waals surface area contributed by atoms with E-state index in [4.69, 9.17) is 0 Å². The van der Waals surface area contributed by atoms with Gasteiger partial charge < -0.3 is 9.88 Å². The summed E-state index contributed by atoms with van der Waals surface area (Å²) in [5, 5.41) is 3.24. The van der Waals surface area contributed by atoms with Crippen molar-refractivity contribution in [1.82, 2.24) is 9.55 Å². The van der Waals surface area contributed by atoms with Crippen LogP contribution in [0.15, 0.2) is 12.4 Å². The highest BCUT2D eigenvalue weighted by atomic mass is 32.2. The number of rotatable bonds is 3. The number of sulfone groups is 1. The number of nitrogens with zero attached hydrogens (tertiary/aromatic N) is 2. The van der Waals surface area contributed by atoms with Gasteiger partial charge in [-0.15, -0.1) is 0 Å². The molecule has 0 aromatic carbocycles. The topological polar surface area (TPSA) is 64.0 Å². The Morgan fingerprint density at radius 2 is 2.29 bits per heavy atom. The number of nitrogens with one attached hydrogen (secondary N) is 1. The molecular weight excluding hydrogens is 238 g/mol. The van der Waals surface area contributed by atoms with E-state index in [0.29, 0.717) is 5.75 Å². The van der Waals surface area contributed by atoms with Gasteiger partial charge in [0.1, 0.15) is 0 Å². The molecule has 0 radical (unpaired) electrons. The zero-order valence-corrected chi connectivity index (χ0v) is 11.1. The molecule has 1 aliphatic heterocycles. The van der Waals surface area contributed by atoms with Crippen LogP contribution >= 0.6 is 0 Å². The first-order chi connectivity index (χ1) is 7.98. The average Bonchev–Trinajstić information content (AvgIpc) is 2.63. The predicted octanol–water partition coefficient (Wildman–Crippen LogP) is 1.45. The lowest BCUT2D eigenvalue weighted by Crippen LogP contribution is -2.28. The third kappa shape index (κ3) is 3.00. The van der Waals surface area contributed by atoms with Gasteiger partial charge in [-0.2, -0.15) is 0 Å². The standard InChI is InChI=1S/C11H19N3O2S/c1-9(2)13-11-12-5-6-14(11)10-4-3-7-17(15,16)8-10/h5-6,9-10H,3-4,7-8H2,1-2H3,(H,12,13). The van der Waals surface area contributed by atoms with E-state index in [2.05, 4.69) is 10.3 Å². The first kappa shape index (κ1) is 12.4. The summed E-state index contributed by atoms with van der Waals surface area (Å²) in [7, 11) is -2.88. The molecule has 0 amide bonds. The van der Waals surface area contributed by atoms with Crippen LogP contribution in [0.1, 0.15) is 32.7 Å². The molecule has 17 heavy (non-hydrogen) atoms. The Kier molecular flexibility index (Phi) is 3.42. The number of imidazole rings is 1. The van der Waals surface area contributed by atoms with E-state index in [1.807, 2.05) is 24.6 Å². The fourth-order valence-electron chi connectivity index (χ4n) is 2.20. The van der Waals surface area contributed by atoms with Gasteiger partial charge in [0.05, 0.1) is 17.5 Å². The van der Waals surface area contributed by atoms with Crippen LogP contribution in [0.25, 0.3) is 0 Å². The fraction of sp³-hybridized carbons (Fsp3) is 0.727. The minimum atomic E-state index is -2.88. The molecule has 1 aliphatic rings. The van der Waals surface area contributed by atoms with E-state index >= 15 is 0 Å². The summed E-state index contributed by atoms with van der Waals surface area (Å²) in [6.45, 7) is 4.08. The van der Waals surface area contributed by atoms with E-state index in [-0.39, 0.29) is 17.8 Å². The van der Waals surface area contributed by atoms with Crippen molar-refractivity contribution in [3.8, 4) is 0 Å². The van der Waals surface area contributed by atoms with Crippen LogP contribution in [0.5, 0.6) is 0 Å². The minimum Gasteiger partial charge on any atom is -0.353 e. The van der Waals surface area contributed by atoms with Crippen molar-refractivity contribution < 1.29 is 8.42 Å². The van der Waals surface area contributed by atoms with Crippen LogP contribution in [0.2, 0.25) is 0 Å². The van der Waals surface area contributed by atoms with E-state index < -0.39 is 9.84 Å². The molecule has 1 atom stereocenters. The third-order valence-electron chi connectivity index (χ3n) is 2.92. The predicted molar refractivity (Wildman–Crippen MR) is 67.9 cm³/mol. The van der Waals surface area contributed by atoms with Crippen LogP contribution in [-0.2, 0) is 9.84 Å². The quantitative estimate of drug-likeness (QED) is 0.890. The summed E-state index contributed by atoms with van der Waals surface area (Å²) in [5.74, 6) is 1.32. The van der Waals surface area contributed by atoms with Gasteiger partial charge in [0.25, 0.3) is 0 Å². The smallest absolute Gasteiger partial charge is 0.203 e. The monoisotopic (exact) mass is 257 g/mol. The summed E-state index contributed by atoms with van der Waals surface area (Å²) in [6.07, 6.45) is 5.22. The summed E-state index contributed by atoms with van der Waals surface area (Å²) in [5.41, 5.74) is 0. The van der Waals surface area contributed by atoms with Crippen molar-refractivity contribution in [3.05, 3.63) is 12.4 Å². The van der Waals surface area contributed by atoms with Crippen LogP contribution < -0.4 is 5.32 Å². The number of anilines is 1. The molecule has 0 spiro atoms. The average molecular weight is 257 g/mol. The van der Waals surface area contributed by atoms with Gasteiger partial charge in [0.2, 0.25) is 5.95 Å². The number of hydrogen-bond acceptors (Lipinski definition) is 4. The Bertz CT molecular complexity index is 479. The van der Waals surface area contributed by atoms with Crippen molar-refractivity contribution in [2.45, 2.75) is 38.8 Å². The molecule has 0 saturated carbocycles. The van der Waals surface area contributed by atoms with Crippen LogP contribution in [-0.4, -0.2) is 35.5 Å². The van der Waals surface area contributed by atoms with E-state index in [0.717, 1.165) is 18.8 Å². The molecule has 6 heteroatoms. The highest BCUT2D eigenvalue weighted by Crippen LogP contribution is 2.26. The normalized spacial score (nSPS) is 23.8. The molecule has 1 aromatic heterocycles. The molecule has 1 saturated heterocycles. The molecule has 1 N–H and O–H groups in total. The van der Waals surface area contributed by atoms with Gasteiger partial charge in [-0.3, -0.25) is 0 Å². The summed E-state index contributed by atoms with van der Waals surface area (Å²) < 4.78 is 25.2. The maximum Gasteiger partial charge on any atom is 0.203 e. The molecule has 2 rings (SSSR count). The van der Waals surface area contributed by atoms with Crippen molar-refractivity contribution >= 4 is 15.8 Å². The maximum atomic E-state index is 11.6. The van der Waals surface area contributed by atoms with Gasteiger partial charge >= 0.3 is 0 Å². The van der Waals surface area contributed by atoms with Gasteiger partial charge in [-0.1, -0.05) is 0 Å². The number of aromatic nitrogens is 2. The summed E-state index contributed by atoms with van der Waals surface area (Å²) >= 11 is 0. The highest BCUT2D eigenvalue weighted by Gasteiger charge is 2.27. The van der Waals surface area contributed by atoms with Crippen LogP contribution in [0.3, 0.4) is 0 Å². The van der Waals surface area contributed by atoms with Crippen molar-refractivity contribution in [3.63, 3.8) is 0 Å². The lowest BCUT2D eigenvalue weighted by molar-refractivity contribution is 0.472. The Labute approximate surface area is 102 Å². The van der Waals surface area contributed by atoms with Gasteiger partial charge in [-0.05, 0) is 26.7 Å². The van der Waals surface area contributed by atoms with Gasteiger partial charge in [0.15, 0.2) is 9.84 Å². The van der Waals surface area contributed by atoms with Crippen molar-refractivity contribution in [2.24, 2.45) is 0 Å². The van der Waals surface area contributed by atoms with E-state index in [1.54, 1.807) is 6.20 Å². The molecule has 0 aliphatic carbocycles. The number of hydrogen-bond donors (Lipinski definition) is 1. The van der Waals surface area contributed by atoms with Gasteiger partial charge in [0, 0.05) is 18.4 Å².